The van der Waals surface area contributed by atoms with E-state index in [2.05, 4.69) is 16.5 Å². The predicted molar refractivity (Wildman–Crippen MR) is 97.2 cm³/mol. The number of fused-ring (bicyclic) bond motifs is 2. The van der Waals surface area contributed by atoms with Crippen LogP contribution in [0.25, 0.3) is 0 Å². The topological polar surface area (TPSA) is 64.4 Å². The summed E-state index contributed by atoms with van der Waals surface area (Å²) in [5, 5.41) is 7.98. The van der Waals surface area contributed by atoms with E-state index < -0.39 is 5.97 Å². The quantitative estimate of drug-likeness (QED) is 0.610. The lowest BCUT2D eigenvalue weighted by Gasteiger charge is -2.26. The Balaban J connectivity index is 1.55. The highest BCUT2D eigenvalue weighted by atomic mass is 35.5. The van der Waals surface area contributed by atoms with Crippen molar-refractivity contribution in [2.45, 2.75) is 43.6 Å². The lowest BCUT2D eigenvalue weighted by molar-refractivity contribution is 0.0734. The van der Waals surface area contributed by atoms with Crippen LogP contribution in [0.1, 0.15) is 59.0 Å². The number of aromatic nitrogens is 1. The van der Waals surface area contributed by atoms with Crippen molar-refractivity contribution >= 4 is 29.2 Å². The van der Waals surface area contributed by atoms with Crippen LogP contribution in [-0.2, 0) is 0 Å². The minimum Gasteiger partial charge on any atom is -0.420 e. The average molecular weight is 393 g/mol. The third-order valence-corrected chi connectivity index (χ3v) is 6.64. The Hall–Kier alpha value is -1.56. The number of carbonyl (C=O) groups is 1. The second kappa shape index (κ2) is 6.25. The molecule has 5 nitrogen and oxygen atoms in total. The fourth-order valence-electron chi connectivity index (χ4n) is 4.38. The van der Waals surface area contributed by atoms with E-state index in [1.165, 1.54) is 18.9 Å². The Labute approximate surface area is 161 Å². The molecule has 3 atom stereocenters. The first kappa shape index (κ1) is 16.6. The molecule has 7 heteroatoms. The highest BCUT2D eigenvalue weighted by Crippen LogP contribution is 2.53. The second-order valence-electron chi connectivity index (χ2n) is 7.53. The molecule has 0 amide bonds. The molecule has 136 valence electrons. The van der Waals surface area contributed by atoms with Gasteiger partial charge in [-0.2, -0.15) is 0 Å². The van der Waals surface area contributed by atoms with Crippen LogP contribution < -0.4 is 10.1 Å². The zero-order valence-electron chi connectivity index (χ0n) is 14.0. The summed E-state index contributed by atoms with van der Waals surface area (Å²) in [6, 6.07) is 2.72. The van der Waals surface area contributed by atoms with Crippen LogP contribution in [0.3, 0.4) is 0 Å². The summed E-state index contributed by atoms with van der Waals surface area (Å²) in [6.45, 7) is 1.02. The van der Waals surface area contributed by atoms with E-state index in [1.54, 1.807) is 0 Å². The number of rotatable bonds is 4. The summed E-state index contributed by atoms with van der Waals surface area (Å²) in [7, 11) is 0. The first-order chi connectivity index (χ1) is 12.6. The highest BCUT2D eigenvalue weighted by Gasteiger charge is 2.42. The van der Waals surface area contributed by atoms with Crippen molar-refractivity contribution in [2.75, 3.05) is 6.54 Å². The third-order valence-electron chi connectivity index (χ3n) is 5.86. The average Bonchev–Trinajstić information content (AvgIpc) is 3.05. The number of carbonyl (C=O) groups excluding carboxylic acids is 1. The Bertz CT molecular complexity index is 864. The molecule has 2 aromatic rings. The molecule has 0 spiro atoms. The van der Waals surface area contributed by atoms with Crippen LogP contribution >= 0.6 is 23.2 Å². The van der Waals surface area contributed by atoms with E-state index in [0.717, 1.165) is 36.9 Å². The SMILES string of the molecule is O=C(Oc1c(Cl)c(C2CC2)cc([C@@H]2C[C@@H]3C[C@H]2CN3)c1Cl)c1cnoc1. The molecule has 1 N–H and O–H groups in total. The maximum Gasteiger partial charge on any atom is 0.348 e. The molecule has 3 fully saturated rings. The van der Waals surface area contributed by atoms with Crippen LogP contribution in [-0.4, -0.2) is 23.7 Å². The number of esters is 1. The number of hydrogen-bond donors (Lipinski definition) is 1. The molecule has 2 bridgehead atoms. The van der Waals surface area contributed by atoms with Crippen molar-refractivity contribution in [2.24, 2.45) is 5.92 Å². The molecule has 1 aliphatic heterocycles. The van der Waals surface area contributed by atoms with Crippen LogP contribution in [0.2, 0.25) is 10.0 Å². The van der Waals surface area contributed by atoms with Gasteiger partial charge in [-0.05, 0) is 61.1 Å². The van der Waals surface area contributed by atoms with Gasteiger partial charge in [0.05, 0.1) is 16.2 Å². The van der Waals surface area contributed by atoms with Gasteiger partial charge in [-0.25, -0.2) is 4.79 Å². The van der Waals surface area contributed by atoms with Crippen LogP contribution in [0, 0.1) is 5.92 Å². The Kier molecular flexibility index (Phi) is 3.99. The highest BCUT2D eigenvalue weighted by molar-refractivity contribution is 6.38. The van der Waals surface area contributed by atoms with Gasteiger partial charge in [0, 0.05) is 6.04 Å². The summed E-state index contributed by atoms with van der Waals surface area (Å²) in [6.07, 6.45) is 7.03. The van der Waals surface area contributed by atoms with Gasteiger partial charge in [0.25, 0.3) is 0 Å². The van der Waals surface area contributed by atoms with Gasteiger partial charge in [-0.3, -0.25) is 0 Å². The molecular weight excluding hydrogens is 375 g/mol. The Morgan fingerprint density at radius 3 is 2.65 bits per heavy atom. The number of hydrogen-bond acceptors (Lipinski definition) is 5. The van der Waals surface area contributed by atoms with Gasteiger partial charge in [0.2, 0.25) is 0 Å². The summed E-state index contributed by atoms with van der Waals surface area (Å²) in [5.74, 6) is 1.10. The molecule has 1 aromatic heterocycles. The minimum absolute atomic E-state index is 0.236. The predicted octanol–water partition coefficient (Wildman–Crippen LogP) is 4.54. The van der Waals surface area contributed by atoms with Gasteiger partial charge < -0.3 is 14.6 Å². The first-order valence-corrected chi connectivity index (χ1v) is 9.74. The van der Waals surface area contributed by atoms with E-state index >= 15 is 0 Å². The number of benzene rings is 1. The van der Waals surface area contributed by atoms with Crippen LogP contribution in [0.5, 0.6) is 5.75 Å². The Morgan fingerprint density at radius 2 is 2.04 bits per heavy atom. The lowest BCUT2D eigenvalue weighted by Crippen LogP contribution is -2.28. The molecule has 26 heavy (non-hydrogen) atoms. The standard InChI is InChI=1S/C19H18Cl2N2O3/c20-16-14(9-1-2-9)5-15(13-4-12-3-10(13)6-22-12)17(21)18(16)26-19(24)11-7-23-25-8-11/h5,7-10,12-13,22H,1-4,6H2/t10-,12-,13+/m0/s1. The summed E-state index contributed by atoms with van der Waals surface area (Å²) >= 11 is 13.3. The van der Waals surface area contributed by atoms with Crippen molar-refractivity contribution in [3.05, 3.63) is 45.3 Å². The molecule has 2 saturated carbocycles. The van der Waals surface area contributed by atoms with Crippen molar-refractivity contribution in [3.63, 3.8) is 0 Å². The van der Waals surface area contributed by atoms with Crippen molar-refractivity contribution in [1.82, 2.24) is 10.5 Å². The molecule has 0 unspecified atom stereocenters. The van der Waals surface area contributed by atoms with Gasteiger partial charge in [0.15, 0.2) is 5.75 Å². The number of halogens is 2. The van der Waals surface area contributed by atoms with Crippen molar-refractivity contribution in [3.8, 4) is 5.75 Å². The molecule has 1 saturated heterocycles. The van der Waals surface area contributed by atoms with Gasteiger partial charge in [-0.1, -0.05) is 34.4 Å². The largest absolute Gasteiger partial charge is 0.420 e. The van der Waals surface area contributed by atoms with Gasteiger partial charge >= 0.3 is 5.97 Å². The van der Waals surface area contributed by atoms with Gasteiger partial charge in [0.1, 0.15) is 11.8 Å². The smallest absolute Gasteiger partial charge is 0.348 e. The van der Waals surface area contributed by atoms with Crippen molar-refractivity contribution in [1.29, 1.82) is 0 Å². The number of nitrogens with one attached hydrogen (secondary N) is 1. The monoisotopic (exact) mass is 392 g/mol. The second-order valence-corrected chi connectivity index (χ2v) is 8.29. The minimum atomic E-state index is -0.566. The maximum absolute atomic E-state index is 12.4. The number of ether oxygens (including phenoxy) is 1. The molecule has 5 rings (SSSR count). The molecule has 1 aromatic carbocycles. The van der Waals surface area contributed by atoms with E-state index in [1.807, 2.05) is 0 Å². The van der Waals surface area contributed by atoms with Crippen LogP contribution in [0.4, 0.5) is 0 Å². The number of nitrogens with zero attached hydrogens (tertiary/aromatic N) is 1. The molecule has 0 radical (unpaired) electrons. The van der Waals surface area contributed by atoms with E-state index in [9.17, 15) is 4.79 Å². The van der Waals surface area contributed by atoms with E-state index in [-0.39, 0.29) is 11.3 Å². The van der Waals surface area contributed by atoms with Crippen molar-refractivity contribution < 1.29 is 14.1 Å². The zero-order valence-corrected chi connectivity index (χ0v) is 15.5. The number of piperidine rings is 1. The molecule has 3 aliphatic rings. The normalized spacial score (nSPS) is 27.1. The molecule has 2 heterocycles. The first-order valence-electron chi connectivity index (χ1n) is 8.98. The van der Waals surface area contributed by atoms with E-state index in [0.29, 0.717) is 33.8 Å². The summed E-state index contributed by atoms with van der Waals surface area (Å²) < 4.78 is 10.3. The molecule has 2 aliphatic carbocycles. The third kappa shape index (κ3) is 2.73. The Morgan fingerprint density at radius 1 is 1.23 bits per heavy atom. The van der Waals surface area contributed by atoms with Crippen LogP contribution in [0.15, 0.2) is 23.0 Å². The zero-order chi connectivity index (χ0) is 17.8. The summed E-state index contributed by atoms with van der Waals surface area (Å²) in [5.41, 5.74) is 2.36. The van der Waals surface area contributed by atoms with E-state index in [4.69, 9.17) is 32.5 Å². The van der Waals surface area contributed by atoms with Gasteiger partial charge in [-0.15, -0.1) is 0 Å². The lowest BCUT2D eigenvalue weighted by atomic mass is 9.86. The molecular formula is C19H18Cl2N2O3. The fourth-order valence-corrected chi connectivity index (χ4v) is 5.10. The maximum atomic E-state index is 12.4. The summed E-state index contributed by atoms with van der Waals surface area (Å²) in [4.78, 5) is 12.4. The fraction of sp³-hybridized carbons (Fsp3) is 0.474.